The summed E-state index contributed by atoms with van der Waals surface area (Å²) in [4.78, 5) is 14.4. The summed E-state index contributed by atoms with van der Waals surface area (Å²) in [5, 5.41) is 11.8. The number of likely N-dealkylation sites (tertiary alicyclic amines) is 1. The molecule has 2 heterocycles. The van der Waals surface area contributed by atoms with E-state index in [1.54, 1.807) is 11.0 Å². The predicted octanol–water partition coefficient (Wildman–Crippen LogP) is 0.731. The van der Waals surface area contributed by atoms with Gasteiger partial charge < -0.3 is 15.7 Å². The second-order valence-electron chi connectivity index (χ2n) is 4.02. The minimum atomic E-state index is -0.881. The zero-order chi connectivity index (χ0) is 11.5. The van der Waals surface area contributed by atoms with Gasteiger partial charge in [0, 0.05) is 18.0 Å². The molecule has 4 nitrogen and oxygen atoms in total. The third kappa shape index (κ3) is 2.26. The summed E-state index contributed by atoms with van der Waals surface area (Å²) in [6.07, 6.45) is 1.19. The minimum Gasteiger partial charge on any atom is -0.385 e. The van der Waals surface area contributed by atoms with Crippen LogP contribution in [0.3, 0.4) is 0 Å². The molecule has 0 spiro atoms. The van der Waals surface area contributed by atoms with E-state index in [1.165, 1.54) is 11.3 Å². The maximum absolute atomic E-state index is 11.9. The van der Waals surface area contributed by atoms with Gasteiger partial charge >= 0.3 is 0 Å². The Bertz CT molecular complexity index is 347. The van der Waals surface area contributed by atoms with Gasteiger partial charge in [-0.25, -0.2) is 0 Å². The van der Waals surface area contributed by atoms with E-state index in [-0.39, 0.29) is 5.91 Å². The van der Waals surface area contributed by atoms with Crippen molar-refractivity contribution in [1.29, 1.82) is 0 Å². The van der Waals surface area contributed by atoms with E-state index in [0.29, 0.717) is 0 Å². The van der Waals surface area contributed by atoms with E-state index < -0.39 is 12.1 Å². The van der Waals surface area contributed by atoms with Crippen LogP contribution >= 0.6 is 11.3 Å². The summed E-state index contributed by atoms with van der Waals surface area (Å²) in [6, 6.07) is 2.81. The van der Waals surface area contributed by atoms with Gasteiger partial charge in [0.25, 0.3) is 0 Å². The van der Waals surface area contributed by atoms with E-state index in [1.807, 2.05) is 11.4 Å². The highest BCUT2D eigenvalue weighted by Gasteiger charge is 2.30. The molecule has 1 saturated heterocycles. The maximum Gasteiger partial charge on any atom is 0.242 e. The molecule has 2 rings (SSSR count). The third-order valence-electron chi connectivity index (χ3n) is 2.88. The summed E-state index contributed by atoms with van der Waals surface area (Å²) in [5.41, 5.74) is 5.80. The second kappa shape index (κ2) is 4.95. The first kappa shape index (κ1) is 11.6. The van der Waals surface area contributed by atoms with Gasteiger partial charge in [-0.15, -0.1) is 11.3 Å². The Morgan fingerprint density at radius 3 is 2.75 bits per heavy atom. The van der Waals surface area contributed by atoms with Gasteiger partial charge in [0.15, 0.2) is 0 Å². The van der Waals surface area contributed by atoms with Gasteiger partial charge in [-0.05, 0) is 24.3 Å². The number of aliphatic hydroxyl groups excluding tert-OH is 1. The molecule has 1 amide bonds. The van der Waals surface area contributed by atoms with Crippen LogP contribution in [0.1, 0.15) is 23.8 Å². The summed E-state index contributed by atoms with van der Waals surface area (Å²) >= 11 is 1.42. The summed E-state index contributed by atoms with van der Waals surface area (Å²) in [5.74, 6) is -0.140. The quantitative estimate of drug-likeness (QED) is 0.818. The lowest BCUT2D eigenvalue weighted by Gasteiger charge is -2.23. The lowest BCUT2D eigenvalue weighted by atomic mass is 10.1. The topological polar surface area (TPSA) is 66.6 Å². The first-order valence-electron chi connectivity index (χ1n) is 5.46. The molecule has 1 aromatic heterocycles. The van der Waals surface area contributed by atoms with Gasteiger partial charge in [0.1, 0.15) is 12.1 Å². The Morgan fingerprint density at radius 2 is 2.19 bits per heavy atom. The molecule has 0 aromatic carbocycles. The molecule has 1 unspecified atom stereocenters. The van der Waals surface area contributed by atoms with Gasteiger partial charge in [-0.2, -0.15) is 0 Å². The monoisotopic (exact) mass is 240 g/mol. The maximum atomic E-state index is 11.9. The number of hydrogen-bond donors (Lipinski definition) is 2. The molecule has 3 N–H and O–H groups in total. The summed E-state index contributed by atoms with van der Waals surface area (Å²) in [7, 11) is 0. The Hall–Kier alpha value is -0.910. The number of nitrogens with zero attached hydrogens (tertiary/aromatic N) is 1. The van der Waals surface area contributed by atoms with Crippen molar-refractivity contribution in [2.75, 3.05) is 13.1 Å². The average molecular weight is 240 g/mol. The fraction of sp³-hybridized carbons (Fsp3) is 0.545. The molecule has 1 aliphatic heterocycles. The fourth-order valence-corrected chi connectivity index (χ4v) is 2.68. The van der Waals surface area contributed by atoms with Crippen molar-refractivity contribution >= 4 is 17.2 Å². The molecule has 0 saturated carbocycles. The van der Waals surface area contributed by atoms with E-state index in [2.05, 4.69) is 0 Å². The van der Waals surface area contributed by atoms with Crippen LogP contribution in [-0.2, 0) is 4.79 Å². The molecule has 88 valence electrons. The molecule has 1 fully saturated rings. The van der Waals surface area contributed by atoms with Crippen LogP contribution in [0.5, 0.6) is 0 Å². The molecular weight excluding hydrogens is 224 g/mol. The first-order chi connectivity index (χ1) is 7.70. The van der Waals surface area contributed by atoms with E-state index >= 15 is 0 Å². The third-order valence-corrected chi connectivity index (χ3v) is 3.82. The Balaban J connectivity index is 2.01. The van der Waals surface area contributed by atoms with Gasteiger partial charge in [-0.3, -0.25) is 4.79 Å². The summed E-state index contributed by atoms with van der Waals surface area (Å²) < 4.78 is 0. The Kier molecular flexibility index (Phi) is 3.58. The molecular formula is C11H16N2O2S. The molecule has 5 heteroatoms. The van der Waals surface area contributed by atoms with E-state index in [9.17, 15) is 9.90 Å². The first-order valence-corrected chi connectivity index (χ1v) is 6.34. The van der Waals surface area contributed by atoms with E-state index in [0.717, 1.165) is 30.8 Å². The number of hydrogen-bond acceptors (Lipinski definition) is 4. The Morgan fingerprint density at radius 1 is 1.50 bits per heavy atom. The molecule has 16 heavy (non-hydrogen) atoms. The highest BCUT2D eigenvalue weighted by molar-refractivity contribution is 7.10. The zero-order valence-corrected chi connectivity index (χ0v) is 9.82. The predicted molar refractivity (Wildman–Crippen MR) is 63.1 cm³/mol. The molecule has 0 bridgehead atoms. The lowest BCUT2D eigenvalue weighted by molar-refractivity contribution is -0.134. The number of amides is 1. The summed E-state index contributed by atoms with van der Waals surface area (Å²) in [6.45, 7) is 1.54. The zero-order valence-electron chi connectivity index (χ0n) is 9.00. The standard InChI is InChI=1S/C11H16N2O2S/c12-9(10(14)8-4-3-7-16-8)11(15)13-5-1-2-6-13/h3-4,7,9-10,14H,1-2,5-6,12H2/t9?,10-/m0/s1. The highest BCUT2D eigenvalue weighted by Crippen LogP contribution is 2.22. The van der Waals surface area contributed by atoms with Crippen molar-refractivity contribution < 1.29 is 9.90 Å². The van der Waals surface area contributed by atoms with Crippen LogP contribution in [0, 0.1) is 0 Å². The van der Waals surface area contributed by atoms with Crippen LogP contribution in [0.15, 0.2) is 17.5 Å². The van der Waals surface area contributed by atoms with E-state index in [4.69, 9.17) is 5.73 Å². The van der Waals surface area contributed by atoms with Crippen LogP contribution in [0.2, 0.25) is 0 Å². The van der Waals surface area contributed by atoms with Crippen molar-refractivity contribution in [2.24, 2.45) is 5.73 Å². The minimum absolute atomic E-state index is 0.140. The van der Waals surface area contributed by atoms with Gasteiger partial charge in [0.05, 0.1) is 0 Å². The molecule has 1 aromatic rings. The van der Waals surface area contributed by atoms with Gasteiger partial charge in [0.2, 0.25) is 5.91 Å². The van der Waals surface area contributed by atoms with Gasteiger partial charge in [-0.1, -0.05) is 6.07 Å². The van der Waals surface area contributed by atoms with Crippen molar-refractivity contribution in [3.05, 3.63) is 22.4 Å². The fourth-order valence-electron chi connectivity index (χ4n) is 1.92. The second-order valence-corrected chi connectivity index (χ2v) is 5.00. The van der Waals surface area contributed by atoms with Crippen molar-refractivity contribution in [3.8, 4) is 0 Å². The van der Waals surface area contributed by atoms with Crippen LogP contribution in [0.4, 0.5) is 0 Å². The number of rotatable bonds is 3. The van der Waals surface area contributed by atoms with Crippen LogP contribution in [-0.4, -0.2) is 35.0 Å². The Labute approximate surface area is 98.7 Å². The molecule has 0 radical (unpaired) electrons. The van der Waals surface area contributed by atoms with Crippen molar-refractivity contribution in [2.45, 2.75) is 25.0 Å². The number of carbonyl (C=O) groups is 1. The molecule has 2 atom stereocenters. The van der Waals surface area contributed by atoms with Crippen molar-refractivity contribution in [3.63, 3.8) is 0 Å². The number of nitrogens with two attached hydrogens (primary N) is 1. The normalized spacial score (nSPS) is 19.8. The largest absolute Gasteiger partial charge is 0.385 e. The number of aliphatic hydroxyl groups is 1. The number of carbonyl (C=O) groups excluding carboxylic acids is 1. The van der Waals surface area contributed by atoms with Crippen LogP contribution < -0.4 is 5.73 Å². The van der Waals surface area contributed by atoms with Crippen LogP contribution in [0.25, 0.3) is 0 Å². The molecule has 0 aliphatic carbocycles. The smallest absolute Gasteiger partial charge is 0.242 e. The SMILES string of the molecule is NC(C(=O)N1CCCC1)[C@@H](O)c1cccs1. The number of thiophene rings is 1. The van der Waals surface area contributed by atoms with Crippen molar-refractivity contribution in [1.82, 2.24) is 4.90 Å². The lowest BCUT2D eigenvalue weighted by Crippen LogP contribution is -2.45. The molecule has 1 aliphatic rings. The highest BCUT2D eigenvalue weighted by atomic mass is 32.1. The average Bonchev–Trinajstić information content (AvgIpc) is 2.97.